The van der Waals surface area contributed by atoms with E-state index < -0.39 is 10.0 Å². The van der Waals surface area contributed by atoms with Gasteiger partial charge in [0.15, 0.2) is 0 Å². The second kappa shape index (κ2) is 6.45. The zero-order valence-electron chi connectivity index (χ0n) is 10.7. The van der Waals surface area contributed by atoms with Crippen LogP contribution in [0.3, 0.4) is 0 Å². The molecular weight excluding hydrogens is 337 g/mol. The number of hydrogen-bond donors (Lipinski definition) is 0. The number of rotatable bonds is 5. The number of nitrogens with zero attached hydrogens (tertiary/aromatic N) is 1. The Morgan fingerprint density at radius 3 is 2.50 bits per heavy atom. The van der Waals surface area contributed by atoms with Crippen molar-refractivity contribution in [1.82, 2.24) is 4.31 Å². The van der Waals surface area contributed by atoms with E-state index in [0.717, 1.165) is 10.4 Å². The van der Waals surface area contributed by atoms with Crippen LogP contribution < -0.4 is 0 Å². The Hall–Kier alpha value is -0.590. The fraction of sp³-hybridized carbons (Fsp3) is 0.231. The van der Waals surface area contributed by atoms with Crippen molar-refractivity contribution in [3.63, 3.8) is 0 Å². The molecule has 0 radical (unpaired) electrons. The summed E-state index contributed by atoms with van der Waals surface area (Å²) in [5.74, 6) is 0.314. The minimum absolute atomic E-state index is 0.232. The van der Waals surface area contributed by atoms with Crippen LogP contribution in [-0.4, -0.2) is 19.8 Å². The number of sulfonamides is 1. The van der Waals surface area contributed by atoms with Crippen LogP contribution in [0.1, 0.15) is 10.4 Å². The lowest BCUT2D eigenvalue weighted by molar-refractivity contribution is 0.468. The summed E-state index contributed by atoms with van der Waals surface area (Å²) in [6.45, 7) is 0.232. The van der Waals surface area contributed by atoms with Crippen molar-refractivity contribution in [3.05, 3.63) is 51.9 Å². The third-order valence-electron chi connectivity index (χ3n) is 2.78. The third-order valence-corrected chi connectivity index (χ3v) is 6.96. The lowest BCUT2D eigenvalue weighted by Crippen LogP contribution is -2.25. The largest absolute Gasteiger partial charge is 0.252 e. The van der Waals surface area contributed by atoms with Gasteiger partial charge in [0.1, 0.15) is 4.21 Å². The first-order valence-corrected chi connectivity index (χ1v) is 8.96. The van der Waals surface area contributed by atoms with Gasteiger partial charge in [0, 0.05) is 23.5 Å². The summed E-state index contributed by atoms with van der Waals surface area (Å²) in [6, 6.07) is 10.5. The quantitative estimate of drug-likeness (QED) is 0.766. The molecule has 20 heavy (non-hydrogen) atoms. The van der Waals surface area contributed by atoms with E-state index in [0.29, 0.717) is 15.1 Å². The fourth-order valence-electron chi connectivity index (χ4n) is 1.67. The first kappa shape index (κ1) is 15.8. The van der Waals surface area contributed by atoms with Gasteiger partial charge in [-0.2, -0.15) is 4.31 Å². The average Bonchev–Trinajstić information content (AvgIpc) is 2.90. The number of thiophene rings is 1. The molecule has 0 fully saturated rings. The van der Waals surface area contributed by atoms with Crippen LogP contribution in [0.5, 0.6) is 0 Å². The minimum atomic E-state index is -3.51. The summed E-state index contributed by atoms with van der Waals surface area (Å²) in [7, 11) is -1.97. The summed E-state index contributed by atoms with van der Waals surface area (Å²) < 4.78 is 26.4. The van der Waals surface area contributed by atoms with Crippen LogP contribution >= 0.6 is 34.5 Å². The maximum Gasteiger partial charge on any atom is 0.252 e. The predicted octanol–water partition coefficient (Wildman–Crippen LogP) is 3.96. The number of alkyl halides is 1. The van der Waals surface area contributed by atoms with Gasteiger partial charge in [-0.3, -0.25) is 0 Å². The SMILES string of the molecule is CN(Cc1ccccc1Cl)S(=O)(=O)c1ccc(CCl)s1. The summed E-state index contributed by atoms with van der Waals surface area (Å²) in [4.78, 5) is 0.830. The molecular formula is C13H13Cl2NO2S2. The van der Waals surface area contributed by atoms with Gasteiger partial charge < -0.3 is 0 Å². The zero-order valence-corrected chi connectivity index (χ0v) is 13.9. The van der Waals surface area contributed by atoms with Crippen LogP contribution in [0.15, 0.2) is 40.6 Å². The van der Waals surface area contributed by atoms with Gasteiger partial charge in [-0.05, 0) is 23.8 Å². The van der Waals surface area contributed by atoms with Crippen molar-refractivity contribution < 1.29 is 8.42 Å². The molecule has 3 nitrogen and oxygen atoms in total. The van der Waals surface area contributed by atoms with E-state index in [2.05, 4.69) is 0 Å². The zero-order chi connectivity index (χ0) is 14.8. The van der Waals surface area contributed by atoms with Crippen molar-refractivity contribution in [2.24, 2.45) is 0 Å². The summed E-state index contributed by atoms with van der Waals surface area (Å²) in [5.41, 5.74) is 0.773. The number of halogens is 2. The summed E-state index contributed by atoms with van der Waals surface area (Å²) in [6.07, 6.45) is 0. The second-order valence-electron chi connectivity index (χ2n) is 4.21. The van der Waals surface area contributed by atoms with Gasteiger partial charge in [0.25, 0.3) is 10.0 Å². The van der Waals surface area contributed by atoms with Crippen molar-refractivity contribution >= 4 is 44.6 Å². The van der Waals surface area contributed by atoms with E-state index in [9.17, 15) is 8.42 Å². The van der Waals surface area contributed by atoms with Crippen molar-refractivity contribution in [2.75, 3.05) is 7.05 Å². The van der Waals surface area contributed by atoms with Gasteiger partial charge in [-0.15, -0.1) is 22.9 Å². The van der Waals surface area contributed by atoms with Crippen LogP contribution in [0.25, 0.3) is 0 Å². The second-order valence-corrected chi connectivity index (χ2v) is 8.32. The Bertz CT molecular complexity index is 698. The van der Waals surface area contributed by atoms with Crippen molar-refractivity contribution in [3.8, 4) is 0 Å². The van der Waals surface area contributed by atoms with E-state index in [4.69, 9.17) is 23.2 Å². The van der Waals surface area contributed by atoms with E-state index >= 15 is 0 Å². The topological polar surface area (TPSA) is 37.4 Å². The number of hydrogen-bond acceptors (Lipinski definition) is 3. The molecule has 0 bridgehead atoms. The average molecular weight is 350 g/mol. The smallest absolute Gasteiger partial charge is 0.206 e. The first-order valence-electron chi connectivity index (χ1n) is 5.79. The van der Waals surface area contributed by atoms with Crippen molar-refractivity contribution in [1.29, 1.82) is 0 Å². The maximum absolute atomic E-state index is 12.4. The number of benzene rings is 1. The molecule has 2 aromatic rings. The minimum Gasteiger partial charge on any atom is -0.206 e. The molecule has 0 N–H and O–H groups in total. The molecule has 0 aliphatic heterocycles. The summed E-state index contributed by atoms with van der Waals surface area (Å²) >= 11 is 12.9. The molecule has 1 heterocycles. The van der Waals surface area contributed by atoms with E-state index in [1.54, 1.807) is 25.2 Å². The lowest BCUT2D eigenvalue weighted by Gasteiger charge is -2.16. The molecule has 7 heteroatoms. The monoisotopic (exact) mass is 349 g/mol. The molecule has 108 valence electrons. The highest BCUT2D eigenvalue weighted by Crippen LogP contribution is 2.27. The highest BCUT2D eigenvalue weighted by molar-refractivity contribution is 7.91. The third kappa shape index (κ3) is 3.35. The Balaban J connectivity index is 2.23. The Kier molecular flexibility index (Phi) is 5.09. The molecule has 1 aromatic heterocycles. The van der Waals surface area contributed by atoms with Crippen LogP contribution in [0.4, 0.5) is 0 Å². The van der Waals surface area contributed by atoms with Crippen molar-refractivity contribution in [2.45, 2.75) is 16.6 Å². The molecule has 1 aromatic carbocycles. The standard InChI is InChI=1S/C13H13Cl2NO2S2/c1-16(9-10-4-2-3-5-12(10)15)20(17,18)13-7-6-11(8-14)19-13/h2-7H,8-9H2,1H3. The molecule has 0 amide bonds. The van der Waals surface area contributed by atoms with Crippen LogP contribution in [0, 0.1) is 0 Å². The molecule has 0 unspecified atom stereocenters. The van der Waals surface area contributed by atoms with Crippen LogP contribution in [0.2, 0.25) is 5.02 Å². The highest BCUT2D eigenvalue weighted by atomic mass is 35.5. The summed E-state index contributed by atoms with van der Waals surface area (Å²) in [5, 5.41) is 0.558. The molecule has 2 rings (SSSR count). The molecule has 0 atom stereocenters. The van der Waals surface area contributed by atoms with Gasteiger partial charge in [0.2, 0.25) is 0 Å². The van der Waals surface area contributed by atoms with E-state index in [1.807, 2.05) is 18.2 Å². The van der Waals surface area contributed by atoms with E-state index in [-0.39, 0.29) is 6.54 Å². The van der Waals surface area contributed by atoms with E-state index in [1.165, 1.54) is 15.6 Å². The van der Waals surface area contributed by atoms with Gasteiger partial charge >= 0.3 is 0 Å². The van der Waals surface area contributed by atoms with Gasteiger partial charge in [-0.1, -0.05) is 29.8 Å². The van der Waals surface area contributed by atoms with Gasteiger partial charge in [0.05, 0.1) is 5.88 Å². The fourth-order valence-corrected chi connectivity index (χ4v) is 4.69. The highest BCUT2D eigenvalue weighted by Gasteiger charge is 2.23. The molecule has 0 aliphatic rings. The van der Waals surface area contributed by atoms with Crippen LogP contribution in [-0.2, 0) is 22.4 Å². The lowest BCUT2D eigenvalue weighted by atomic mass is 10.2. The molecule has 0 saturated heterocycles. The first-order chi connectivity index (χ1) is 9.45. The maximum atomic E-state index is 12.4. The Morgan fingerprint density at radius 2 is 1.90 bits per heavy atom. The normalized spacial score (nSPS) is 12.0. The predicted molar refractivity (Wildman–Crippen MR) is 84.0 cm³/mol. The molecule has 0 aliphatic carbocycles. The Labute approximate surface area is 132 Å². The molecule has 0 saturated carbocycles. The molecule has 0 spiro atoms. The Morgan fingerprint density at radius 1 is 1.20 bits per heavy atom. The van der Waals surface area contributed by atoms with Gasteiger partial charge in [-0.25, -0.2) is 8.42 Å².